The zero-order valence-corrected chi connectivity index (χ0v) is 38.2. The average molecular weight is 1050 g/mol. The Morgan fingerprint density at radius 1 is 0.625 bits per heavy atom. The van der Waals surface area contributed by atoms with Gasteiger partial charge >= 0.3 is 27.4 Å². The van der Waals surface area contributed by atoms with Crippen LogP contribution in [0.5, 0.6) is 0 Å². The molecular formula is C34H46F12N2O11S5-4. The van der Waals surface area contributed by atoms with E-state index in [-0.39, 0.29) is 4.90 Å². The summed E-state index contributed by atoms with van der Waals surface area (Å²) in [5.41, 5.74) is -8.24. The predicted molar refractivity (Wildman–Crippen MR) is 207 cm³/mol. The highest BCUT2D eigenvalue weighted by molar-refractivity contribution is 8.14. The Labute approximate surface area is 364 Å². The molecule has 13 nitrogen and oxygen atoms in total. The number of sulfone groups is 2. The maximum Gasteiger partial charge on any atom is 0.469 e. The van der Waals surface area contributed by atoms with Gasteiger partial charge in [-0.2, -0.15) is 73.2 Å². The maximum atomic E-state index is 12.4. The Bertz CT molecular complexity index is 2180. The van der Waals surface area contributed by atoms with Crippen molar-refractivity contribution in [2.24, 2.45) is 0 Å². The molecule has 3 aliphatic carbocycles. The largest absolute Gasteiger partial charge is 0.744 e. The van der Waals surface area contributed by atoms with Crippen LogP contribution >= 0.6 is 0 Å². The second kappa shape index (κ2) is 21.1. The first-order valence-electron chi connectivity index (χ1n) is 19.3. The summed E-state index contributed by atoms with van der Waals surface area (Å²) >= 11 is 0. The lowest BCUT2D eigenvalue weighted by atomic mass is 9.71. The van der Waals surface area contributed by atoms with Crippen molar-refractivity contribution in [3.63, 3.8) is 0 Å². The minimum Gasteiger partial charge on any atom is -0.744 e. The van der Waals surface area contributed by atoms with Crippen molar-refractivity contribution in [1.82, 2.24) is 0 Å². The van der Waals surface area contributed by atoms with Crippen LogP contribution in [0.1, 0.15) is 144 Å². The van der Waals surface area contributed by atoms with E-state index < -0.39 is 88.3 Å². The van der Waals surface area contributed by atoms with Crippen molar-refractivity contribution in [2.45, 2.75) is 160 Å². The second-order valence-electron chi connectivity index (χ2n) is 15.2. The number of benzene rings is 1. The summed E-state index contributed by atoms with van der Waals surface area (Å²) in [4.78, 5) is 0.0354. The van der Waals surface area contributed by atoms with Crippen LogP contribution in [0, 0.1) is 4.58 Å². The molecule has 1 aromatic carbocycles. The van der Waals surface area contributed by atoms with Gasteiger partial charge in [-0.15, -0.1) is 0 Å². The van der Waals surface area contributed by atoms with Gasteiger partial charge in [0.15, 0.2) is 20.0 Å². The van der Waals surface area contributed by atoms with Crippen LogP contribution < -0.4 is 0 Å². The van der Waals surface area contributed by atoms with Gasteiger partial charge in [-0.1, -0.05) is 69.3 Å². The Hall–Kier alpha value is -1.99. The molecule has 4 fully saturated rings. The highest BCUT2D eigenvalue weighted by Gasteiger charge is 2.81. The van der Waals surface area contributed by atoms with E-state index in [1.807, 2.05) is 0 Å². The van der Waals surface area contributed by atoms with Gasteiger partial charge in [-0.3, -0.25) is 16.8 Å². The van der Waals surface area contributed by atoms with Gasteiger partial charge in [0.05, 0.1) is 4.90 Å². The fraction of sp³-hybridized carbons (Fsp3) is 0.794. The predicted octanol–water partition coefficient (Wildman–Crippen LogP) is 9.96. The number of hydrogen-bond acceptors (Lipinski definition) is 11. The van der Waals surface area contributed by atoms with Gasteiger partial charge in [0, 0.05) is 0 Å². The summed E-state index contributed by atoms with van der Waals surface area (Å²) in [5, 5.41) is -9.09. The second-order valence-corrected chi connectivity index (χ2v) is 24.3. The number of halogens is 12. The number of rotatable bonds is 7. The number of sulfonamides is 2. The SMILES string of the molecule is CC[C-](S(=O)(=O)C(F)(F)F)S(=O)(=O)C(F)(F)F.C[N-]C.O=S(=O)([O-])c1cc(C2CCCCC2)c(C2CCCCC2)c(C2CCCCC2)c1.O=S1(=O)[N-]S(=O)(=O)C(F)(F)C(F)(F)C1(F)F. The Morgan fingerprint density at radius 3 is 1.16 bits per heavy atom. The van der Waals surface area contributed by atoms with Crippen LogP contribution in [0.4, 0.5) is 52.7 Å². The Morgan fingerprint density at radius 2 is 0.906 bits per heavy atom. The highest BCUT2D eigenvalue weighted by atomic mass is 32.3. The molecule has 1 heterocycles. The van der Waals surface area contributed by atoms with E-state index >= 15 is 0 Å². The van der Waals surface area contributed by atoms with Crippen molar-refractivity contribution in [2.75, 3.05) is 14.1 Å². The summed E-state index contributed by atoms with van der Waals surface area (Å²) in [6, 6.07) is 3.60. The molecule has 0 unspecified atom stereocenters. The quantitative estimate of drug-likeness (QED) is 0.142. The molecule has 1 aliphatic heterocycles. The lowest BCUT2D eigenvalue weighted by Gasteiger charge is -2.42. The van der Waals surface area contributed by atoms with E-state index in [1.54, 1.807) is 26.2 Å². The molecule has 376 valence electrons. The molecule has 4 aliphatic rings. The average Bonchev–Trinajstić information content (AvgIpc) is 3.17. The zero-order chi connectivity index (χ0) is 49.8. The summed E-state index contributed by atoms with van der Waals surface area (Å²) in [6.07, 6.45) is 16.9. The van der Waals surface area contributed by atoms with Gasteiger partial charge in [0.2, 0.25) is 0 Å². The van der Waals surface area contributed by atoms with E-state index in [9.17, 15) is 99.3 Å². The maximum absolute atomic E-state index is 12.4. The van der Waals surface area contributed by atoms with Gasteiger partial charge in [-0.05, 0) is 85.1 Å². The number of alkyl halides is 12. The van der Waals surface area contributed by atoms with Crippen molar-refractivity contribution < 1.29 is 99.3 Å². The minimum absolute atomic E-state index is 0.0354. The Kier molecular flexibility index (Phi) is 19.2. The first-order chi connectivity index (χ1) is 28.9. The van der Waals surface area contributed by atoms with Crippen LogP contribution in [0.25, 0.3) is 9.44 Å². The standard InChI is InChI=1S/C24H36O3S.C5H5F6O4S2.C3F6NO4S2.C2H6N/c25-28(26,27)21-16-22(18-10-4-1-5-11-18)24(20-14-8-3-9-15-20)23(17-21)19-12-6-2-7-13-19;1-2-3(16(12,13)4(6,7)8)17(14,15)5(9,10)11;4-1(5)2(6,7)15(11,12)10-16(13,14)3(1,8)9;1-3-2/h16-20H,1-15H2,(H,25,26,27);2H2,1H3;;1-2H3/q;3*-1/p-1. The molecule has 0 amide bonds. The van der Waals surface area contributed by atoms with Gasteiger partial charge in [0.1, 0.15) is 29.8 Å². The third-order valence-corrected chi connectivity index (χ3v) is 19.2. The fourth-order valence-corrected chi connectivity index (χ4v) is 14.0. The van der Waals surface area contributed by atoms with Crippen LogP contribution in [0.3, 0.4) is 0 Å². The summed E-state index contributed by atoms with van der Waals surface area (Å²) < 4.78 is 265. The van der Waals surface area contributed by atoms with Crippen LogP contribution in [-0.4, -0.2) is 88.2 Å². The molecule has 1 aromatic rings. The fourth-order valence-electron chi connectivity index (χ4n) is 7.68. The smallest absolute Gasteiger partial charge is 0.469 e. The highest BCUT2D eigenvalue weighted by Crippen LogP contribution is 2.58. The van der Waals surface area contributed by atoms with E-state index in [0.29, 0.717) is 24.7 Å². The minimum atomic E-state index is -6.60. The lowest BCUT2D eigenvalue weighted by Crippen LogP contribution is -2.64. The zero-order valence-electron chi connectivity index (χ0n) is 34.2. The van der Waals surface area contributed by atoms with E-state index in [2.05, 4.69) is 5.32 Å². The summed E-state index contributed by atoms with van der Waals surface area (Å²) in [7, 11) is -27.1. The van der Waals surface area contributed by atoms with Crippen molar-refractivity contribution >= 4 is 49.8 Å². The topological polar surface area (TPSA) is 222 Å². The van der Waals surface area contributed by atoms with Crippen LogP contribution in [-0.2, 0) is 49.8 Å². The molecule has 0 radical (unpaired) electrons. The molecule has 0 spiro atoms. The molecule has 0 bridgehead atoms. The molecule has 5 rings (SSSR count). The van der Waals surface area contributed by atoms with E-state index in [4.69, 9.17) is 0 Å². The molecule has 3 saturated carbocycles. The normalized spacial score (nSPS) is 23.0. The molecule has 30 heteroatoms. The van der Waals surface area contributed by atoms with Crippen molar-refractivity contribution in [3.05, 3.63) is 42.8 Å². The molecule has 0 atom stereocenters. The van der Waals surface area contributed by atoms with Crippen LogP contribution in [0.2, 0.25) is 0 Å². The molecule has 64 heavy (non-hydrogen) atoms. The lowest BCUT2D eigenvalue weighted by molar-refractivity contribution is -0.244. The monoisotopic (exact) mass is 1050 g/mol. The van der Waals surface area contributed by atoms with Crippen molar-refractivity contribution in [3.8, 4) is 0 Å². The summed E-state index contributed by atoms with van der Waals surface area (Å²) in [5.74, 6) is -5.16. The van der Waals surface area contributed by atoms with E-state index in [0.717, 1.165) is 29.8 Å². The first-order valence-corrected chi connectivity index (χ1v) is 26.6. The Balaban J connectivity index is 0.000000340. The van der Waals surface area contributed by atoms with E-state index in [1.165, 1.54) is 87.3 Å². The van der Waals surface area contributed by atoms with Gasteiger partial charge in [0.25, 0.3) is 0 Å². The van der Waals surface area contributed by atoms with Crippen molar-refractivity contribution in [1.29, 1.82) is 0 Å². The number of hydrogen-bond donors (Lipinski definition) is 0. The third kappa shape index (κ3) is 12.4. The first kappa shape index (κ1) is 58.1. The summed E-state index contributed by atoms with van der Waals surface area (Å²) in [6.45, 7) is 0.557. The molecule has 1 saturated heterocycles. The van der Waals surface area contributed by atoms with Gasteiger partial charge < -0.3 is 14.0 Å². The third-order valence-electron chi connectivity index (χ3n) is 10.7. The number of nitrogens with zero attached hydrogens (tertiary/aromatic N) is 2. The van der Waals surface area contributed by atoms with Gasteiger partial charge in [-0.25, -0.2) is 25.3 Å². The van der Waals surface area contributed by atoms with Crippen LogP contribution in [0.15, 0.2) is 17.0 Å². The molecule has 0 aromatic heterocycles. The molecular weight excluding hydrogens is 1000 g/mol. The molecule has 0 N–H and O–H groups in total.